The van der Waals surface area contributed by atoms with E-state index in [1.54, 1.807) is 0 Å². The lowest BCUT2D eigenvalue weighted by Crippen LogP contribution is -2.36. The molecule has 0 aliphatic carbocycles. The molecule has 154 valence electrons. The van der Waals surface area contributed by atoms with Gasteiger partial charge < -0.3 is 9.47 Å². The van der Waals surface area contributed by atoms with Gasteiger partial charge in [0.05, 0.1) is 11.1 Å². The first kappa shape index (κ1) is 20.4. The minimum Gasteiger partial charge on any atom is -0.356 e. The monoisotopic (exact) mass is 454 g/mol. The number of aromatic nitrogens is 3. The highest BCUT2D eigenvalue weighted by Gasteiger charge is 2.26. The lowest BCUT2D eigenvalue weighted by atomic mass is 9.86. The minimum atomic E-state index is 0.760. The molecule has 3 heterocycles. The van der Waals surface area contributed by atoms with Crippen LogP contribution in [0.25, 0.3) is 16.7 Å². The third kappa shape index (κ3) is 3.70. The van der Waals surface area contributed by atoms with Crippen LogP contribution in [0, 0.1) is 39.5 Å². The summed E-state index contributed by atoms with van der Waals surface area (Å²) in [6.07, 6.45) is 4.71. The van der Waals surface area contributed by atoms with Crippen molar-refractivity contribution in [2.75, 3.05) is 18.0 Å². The van der Waals surface area contributed by atoms with Crippen LogP contribution in [0.15, 0.2) is 22.8 Å². The second-order valence-corrected chi connectivity index (χ2v) is 9.85. The van der Waals surface area contributed by atoms with Crippen LogP contribution >= 0.6 is 15.9 Å². The highest BCUT2D eigenvalue weighted by atomic mass is 79.9. The van der Waals surface area contributed by atoms with Crippen molar-refractivity contribution in [2.45, 2.75) is 54.4 Å². The molecule has 4 nitrogen and oxygen atoms in total. The third-order valence-electron chi connectivity index (χ3n) is 6.41. The molecule has 0 bridgehead atoms. The van der Waals surface area contributed by atoms with E-state index >= 15 is 0 Å². The van der Waals surface area contributed by atoms with Gasteiger partial charge in [0, 0.05) is 23.8 Å². The van der Waals surface area contributed by atoms with Crippen molar-refractivity contribution in [1.82, 2.24) is 14.5 Å². The number of aryl methyl sites for hydroxylation is 4. The van der Waals surface area contributed by atoms with E-state index in [1.807, 2.05) is 6.92 Å². The molecule has 1 saturated heterocycles. The van der Waals surface area contributed by atoms with E-state index in [9.17, 15) is 0 Å². The molecule has 0 saturated carbocycles. The van der Waals surface area contributed by atoms with Crippen molar-refractivity contribution < 1.29 is 0 Å². The van der Waals surface area contributed by atoms with Crippen LogP contribution in [0.5, 0.6) is 0 Å². The zero-order valence-corrected chi connectivity index (χ0v) is 20.0. The molecule has 4 rings (SSSR count). The fourth-order valence-electron chi connectivity index (χ4n) is 4.85. The zero-order chi connectivity index (χ0) is 20.9. The summed E-state index contributed by atoms with van der Waals surface area (Å²) < 4.78 is 3.38. The SMILES string of the molecule is Cc1nc(N2CCC(C(C)C)CC2)c2c(C)cn(-c3c(C)cc(Br)cc3C)c2n1. The van der Waals surface area contributed by atoms with E-state index in [4.69, 9.17) is 9.97 Å². The van der Waals surface area contributed by atoms with Crippen molar-refractivity contribution in [1.29, 1.82) is 0 Å². The van der Waals surface area contributed by atoms with Crippen molar-refractivity contribution in [3.05, 3.63) is 45.3 Å². The number of piperidine rings is 1. The fraction of sp³-hybridized carbons (Fsp3) is 0.500. The summed E-state index contributed by atoms with van der Waals surface area (Å²) in [5.41, 5.74) is 5.95. The van der Waals surface area contributed by atoms with E-state index in [0.717, 1.165) is 46.7 Å². The summed E-state index contributed by atoms with van der Waals surface area (Å²) >= 11 is 3.62. The molecule has 0 N–H and O–H groups in total. The van der Waals surface area contributed by atoms with Crippen LogP contribution in [-0.2, 0) is 0 Å². The highest BCUT2D eigenvalue weighted by molar-refractivity contribution is 9.10. The Morgan fingerprint density at radius 2 is 1.59 bits per heavy atom. The molecule has 3 aromatic rings. The van der Waals surface area contributed by atoms with Crippen LogP contribution in [0.2, 0.25) is 0 Å². The maximum absolute atomic E-state index is 4.92. The molecule has 0 atom stereocenters. The Morgan fingerprint density at radius 1 is 0.966 bits per heavy atom. The van der Waals surface area contributed by atoms with Gasteiger partial charge >= 0.3 is 0 Å². The zero-order valence-electron chi connectivity index (χ0n) is 18.4. The molecule has 0 amide bonds. The Labute approximate surface area is 182 Å². The molecular weight excluding hydrogens is 424 g/mol. The minimum absolute atomic E-state index is 0.760. The first-order chi connectivity index (χ1) is 13.8. The first-order valence-electron chi connectivity index (χ1n) is 10.6. The van der Waals surface area contributed by atoms with Gasteiger partial charge in [-0.1, -0.05) is 29.8 Å². The van der Waals surface area contributed by atoms with Gasteiger partial charge in [-0.25, -0.2) is 9.97 Å². The second kappa shape index (κ2) is 7.75. The summed E-state index contributed by atoms with van der Waals surface area (Å²) in [5, 5.41) is 1.19. The average molecular weight is 455 g/mol. The lowest BCUT2D eigenvalue weighted by Gasteiger charge is -2.35. The van der Waals surface area contributed by atoms with Crippen LogP contribution in [-0.4, -0.2) is 27.6 Å². The molecule has 29 heavy (non-hydrogen) atoms. The molecule has 1 aliphatic heterocycles. The summed E-state index contributed by atoms with van der Waals surface area (Å²) in [6.45, 7) is 15.4. The van der Waals surface area contributed by atoms with Crippen molar-refractivity contribution in [3.8, 4) is 5.69 Å². The smallest absolute Gasteiger partial charge is 0.150 e. The molecule has 0 unspecified atom stereocenters. The highest BCUT2D eigenvalue weighted by Crippen LogP contribution is 2.35. The Balaban J connectivity index is 1.84. The van der Waals surface area contributed by atoms with Gasteiger partial charge in [-0.3, -0.25) is 0 Å². The number of halogens is 1. The normalized spacial score (nSPS) is 15.7. The van der Waals surface area contributed by atoms with Gasteiger partial charge in [-0.05, 0) is 81.2 Å². The molecule has 2 aromatic heterocycles. The molecular formula is C24H31BrN4. The van der Waals surface area contributed by atoms with Crippen LogP contribution in [0.4, 0.5) is 5.82 Å². The third-order valence-corrected chi connectivity index (χ3v) is 6.86. The van der Waals surface area contributed by atoms with Crippen molar-refractivity contribution in [2.24, 2.45) is 11.8 Å². The van der Waals surface area contributed by atoms with Gasteiger partial charge in [0.25, 0.3) is 0 Å². The molecule has 5 heteroatoms. The van der Waals surface area contributed by atoms with Gasteiger partial charge in [0.15, 0.2) is 5.65 Å². The van der Waals surface area contributed by atoms with E-state index in [1.165, 1.54) is 40.6 Å². The Hall–Kier alpha value is -1.88. The molecule has 0 radical (unpaired) electrons. The molecule has 0 spiro atoms. The summed E-state index contributed by atoms with van der Waals surface area (Å²) in [4.78, 5) is 12.3. The predicted octanol–water partition coefficient (Wildman–Crippen LogP) is 6.29. The van der Waals surface area contributed by atoms with E-state index in [0.29, 0.717) is 0 Å². The summed E-state index contributed by atoms with van der Waals surface area (Å²) in [7, 11) is 0. The topological polar surface area (TPSA) is 34.0 Å². The van der Waals surface area contributed by atoms with E-state index < -0.39 is 0 Å². The van der Waals surface area contributed by atoms with Gasteiger partial charge in [0.1, 0.15) is 11.6 Å². The number of nitrogens with zero attached hydrogens (tertiary/aromatic N) is 4. The Bertz CT molecular complexity index is 1040. The molecule has 1 fully saturated rings. The van der Waals surface area contributed by atoms with Gasteiger partial charge in [0.2, 0.25) is 0 Å². The molecule has 1 aromatic carbocycles. The van der Waals surface area contributed by atoms with E-state index in [2.05, 4.69) is 78.3 Å². The largest absolute Gasteiger partial charge is 0.356 e. The predicted molar refractivity (Wildman–Crippen MR) is 125 cm³/mol. The van der Waals surface area contributed by atoms with E-state index in [-0.39, 0.29) is 0 Å². The summed E-state index contributed by atoms with van der Waals surface area (Å²) in [6, 6.07) is 4.35. The van der Waals surface area contributed by atoms with Gasteiger partial charge in [-0.2, -0.15) is 0 Å². The second-order valence-electron chi connectivity index (χ2n) is 8.93. The van der Waals surface area contributed by atoms with Crippen LogP contribution in [0.1, 0.15) is 49.2 Å². The average Bonchev–Trinajstić information content (AvgIpc) is 2.96. The number of hydrogen-bond acceptors (Lipinski definition) is 3. The quantitative estimate of drug-likeness (QED) is 0.466. The fourth-order valence-corrected chi connectivity index (χ4v) is 5.54. The number of benzene rings is 1. The van der Waals surface area contributed by atoms with Gasteiger partial charge in [-0.15, -0.1) is 0 Å². The molecule has 1 aliphatic rings. The number of fused-ring (bicyclic) bond motifs is 1. The number of anilines is 1. The lowest BCUT2D eigenvalue weighted by molar-refractivity contribution is 0.311. The first-order valence-corrected chi connectivity index (χ1v) is 11.4. The number of rotatable bonds is 3. The Morgan fingerprint density at radius 3 is 2.17 bits per heavy atom. The number of hydrogen-bond donors (Lipinski definition) is 0. The standard InChI is InChI=1S/C24H31BrN4/c1-14(2)19-7-9-28(10-8-19)23-21-17(5)13-29(24(21)27-18(6)26-23)22-15(3)11-20(25)12-16(22)4/h11-14,19H,7-10H2,1-6H3. The van der Waals surface area contributed by atoms with Crippen LogP contribution < -0.4 is 4.90 Å². The van der Waals surface area contributed by atoms with Crippen LogP contribution in [0.3, 0.4) is 0 Å². The summed E-state index contributed by atoms with van der Waals surface area (Å²) in [5.74, 6) is 3.53. The maximum Gasteiger partial charge on any atom is 0.150 e. The van der Waals surface area contributed by atoms with Crippen molar-refractivity contribution in [3.63, 3.8) is 0 Å². The van der Waals surface area contributed by atoms with Crippen molar-refractivity contribution >= 4 is 32.8 Å². The maximum atomic E-state index is 4.92. The Kier molecular flexibility index (Phi) is 5.45.